The molecule has 0 radical (unpaired) electrons. The normalized spacial score (nSPS) is 19.2. The van der Waals surface area contributed by atoms with Crippen molar-refractivity contribution in [3.8, 4) is 6.07 Å². The van der Waals surface area contributed by atoms with Crippen molar-refractivity contribution in [3.63, 3.8) is 0 Å². The molecule has 0 spiro atoms. The van der Waals surface area contributed by atoms with E-state index in [1.165, 1.54) is 6.07 Å². The Morgan fingerprint density at radius 2 is 2.12 bits per heavy atom. The second-order valence-electron chi connectivity index (χ2n) is 4.16. The van der Waals surface area contributed by atoms with E-state index in [0.717, 1.165) is 12.1 Å². The monoisotopic (exact) mass is 238 g/mol. The van der Waals surface area contributed by atoms with Crippen LogP contribution in [-0.2, 0) is 4.74 Å². The van der Waals surface area contributed by atoms with Crippen LogP contribution in [0.1, 0.15) is 11.6 Å². The lowest BCUT2D eigenvalue weighted by atomic mass is 9.76. The Balaban J connectivity index is 2.36. The molecule has 1 aliphatic rings. The quantitative estimate of drug-likeness (QED) is 0.872. The zero-order chi connectivity index (χ0) is 12.5. The minimum atomic E-state index is -0.906. The topological polar surface area (TPSA) is 45.0 Å². The molecule has 17 heavy (non-hydrogen) atoms. The van der Waals surface area contributed by atoms with E-state index in [9.17, 15) is 14.0 Å². The van der Waals surface area contributed by atoms with Crippen molar-refractivity contribution < 1.29 is 13.5 Å². The van der Waals surface area contributed by atoms with Gasteiger partial charge in [0.05, 0.1) is 25.3 Å². The molecular weight excluding hydrogens is 226 g/mol. The third-order valence-electron chi connectivity index (χ3n) is 3.06. The molecule has 2 rings (SSSR count). The number of hydrogen-bond donors (Lipinski definition) is 1. The highest BCUT2D eigenvalue weighted by atomic mass is 19.2. The molecule has 0 aromatic heterocycles. The lowest BCUT2D eigenvalue weighted by molar-refractivity contribution is -0.0964. The maximum absolute atomic E-state index is 13.2. The number of nitriles is 1. The number of nitrogens with one attached hydrogen (secondary N) is 1. The Hall–Kier alpha value is -1.51. The van der Waals surface area contributed by atoms with E-state index in [1.54, 1.807) is 7.05 Å². The number of ether oxygens (including phenoxy) is 1. The second-order valence-corrected chi connectivity index (χ2v) is 4.16. The van der Waals surface area contributed by atoms with Gasteiger partial charge in [-0.2, -0.15) is 5.26 Å². The molecule has 1 aromatic rings. The van der Waals surface area contributed by atoms with Crippen LogP contribution in [0.25, 0.3) is 0 Å². The molecular formula is C12H12F2N2O. The molecule has 90 valence electrons. The zero-order valence-electron chi connectivity index (χ0n) is 9.34. The molecule has 1 aromatic carbocycles. The third-order valence-corrected chi connectivity index (χ3v) is 3.06. The molecule has 1 N–H and O–H groups in total. The molecule has 0 saturated carbocycles. The number of benzene rings is 1. The first kappa shape index (κ1) is 12.0. The lowest BCUT2D eigenvalue weighted by Crippen LogP contribution is -2.50. The third kappa shape index (κ3) is 1.90. The van der Waals surface area contributed by atoms with Crippen molar-refractivity contribution in [2.24, 2.45) is 5.41 Å². The van der Waals surface area contributed by atoms with Crippen molar-refractivity contribution in [2.75, 3.05) is 20.3 Å². The van der Waals surface area contributed by atoms with E-state index < -0.39 is 17.0 Å². The predicted octanol–water partition coefficient (Wildman–Crippen LogP) is 1.77. The molecule has 1 aliphatic heterocycles. The van der Waals surface area contributed by atoms with Gasteiger partial charge in [0.2, 0.25) is 0 Å². The first-order valence-corrected chi connectivity index (χ1v) is 5.24. The van der Waals surface area contributed by atoms with Crippen LogP contribution >= 0.6 is 0 Å². The summed E-state index contributed by atoms with van der Waals surface area (Å²) in [5.74, 6) is -1.80. The Labute approximate surface area is 98.0 Å². The summed E-state index contributed by atoms with van der Waals surface area (Å²) in [5.41, 5.74) is -0.143. The fourth-order valence-electron chi connectivity index (χ4n) is 2.07. The van der Waals surface area contributed by atoms with Crippen molar-refractivity contribution >= 4 is 0 Å². The Morgan fingerprint density at radius 3 is 2.53 bits per heavy atom. The summed E-state index contributed by atoms with van der Waals surface area (Å²) < 4.78 is 31.1. The van der Waals surface area contributed by atoms with Crippen LogP contribution < -0.4 is 5.32 Å². The van der Waals surface area contributed by atoms with E-state index in [1.807, 2.05) is 0 Å². The minimum Gasteiger partial charge on any atom is -0.378 e. The van der Waals surface area contributed by atoms with Gasteiger partial charge in [0.15, 0.2) is 11.6 Å². The molecule has 0 aliphatic carbocycles. The second kappa shape index (κ2) is 4.40. The van der Waals surface area contributed by atoms with E-state index in [-0.39, 0.29) is 6.04 Å². The van der Waals surface area contributed by atoms with Crippen LogP contribution in [-0.4, -0.2) is 20.3 Å². The summed E-state index contributed by atoms with van der Waals surface area (Å²) in [6, 6.07) is 5.50. The van der Waals surface area contributed by atoms with Crippen LogP contribution in [0.2, 0.25) is 0 Å². The highest BCUT2D eigenvalue weighted by Crippen LogP contribution is 2.40. The summed E-state index contributed by atoms with van der Waals surface area (Å²) in [5, 5.41) is 12.2. The van der Waals surface area contributed by atoms with Crippen LogP contribution in [0.3, 0.4) is 0 Å². The molecule has 5 heteroatoms. The van der Waals surface area contributed by atoms with E-state index in [4.69, 9.17) is 4.74 Å². The van der Waals surface area contributed by atoms with Crippen molar-refractivity contribution in [3.05, 3.63) is 35.4 Å². The Morgan fingerprint density at radius 1 is 1.41 bits per heavy atom. The van der Waals surface area contributed by atoms with Gasteiger partial charge in [0, 0.05) is 0 Å². The summed E-state index contributed by atoms with van der Waals surface area (Å²) in [7, 11) is 1.68. The van der Waals surface area contributed by atoms with Crippen LogP contribution in [0.5, 0.6) is 0 Å². The van der Waals surface area contributed by atoms with Gasteiger partial charge < -0.3 is 10.1 Å². The maximum atomic E-state index is 13.2. The Kier molecular flexibility index (Phi) is 3.09. The summed E-state index contributed by atoms with van der Waals surface area (Å²) in [6.07, 6.45) is 0. The van der Waals surface area contributed by atoms with Gasteiger partial charge >= 0.3 is 0 Å². The number of halogens is 2. The SMILES string of the molecule is CNC(c1ccc(F)c(F)c1)C1(C#N)COC1. The standard InChI is InChI=1S/C12H12F2N2O/c1-16-11(12(5-15)6-17-7-12)8-2-3-9(13)10(14)4-8/h2-4,11,16H,6-7H2,1H3. The highest BCUT2D eigenvalue weighted by molar-refractivity contribution is 5.27. The number of rotatable bonds is 3. The van der Waals surface area contributed by atoms with Gasteiger partial charge in [0.1, 0.15) is 5.41 Å². The van der Waals surface area contributed by atoms with Gasteiger partial charge in [-0.25, -0.2) is 8.78 Å². The average Bonchev–Trinajstić information content (AvgIpc) is 2.27. The van der Waals surface area contributed by atoms with Gasteiger partial charge in [-0.05, 0) is 24.7 Å². The fraction of sp³-hybridized carbons (Fsp3) is 0.417. The molecule has 3 nitrogen and oxygen atoms in total. The van der Waals surface area contributed by atoms with E-state index >= 15 is 0 Å². The molecule has 1 unspecified atom stereocenters. The predicted molar refractivity (Wildman–Crippen MR) is 57.0 cm³/mol. The van der Waals surface area contributed by atoms with Crippen molar-refractivity contribution in [2.45, 2.75) is 6.04 Å². The fourth-order valence-corrected chi connectivity index (χ4v) is 2.07. The largest absolute Gasteiger partial charge is 0.378 e. The first-order valence-electron chi connectivity index (χ1n) is 5.24. The number of hydrogen-bond acceptors (Lipinski definition) is 3. The lowest BCUT2D eigenvalue weighted by Gasteiger charge is -2.41. The zero-order valence-corrected chi connectivity index (χ0v) is 9.34. The molecule has 0 amide bonds. The van der Waals surface area contributed by atoms with Gasteiger partial charge in [0.25, 0.3) is 0 Å². The van der Waals surface area contributed by atoms with Gasteiger partial charge in [-0.3, -0.25) is 0 Å². The first-order chi connectivity index (χ1) is 8.13. The number of nitrogens with zero attached hydrogens (tertiary/aromatic N) is 1. The minimum absolute atomic E-state index is 0.300. The van der Waals surface area contributed by atoms with Gasteiger partial charge in [-0.1, -0.05) is 6.07 Å². The van der Waals surface area contributed by atoms with Crippen molar-refractivity contribution in [1.82, 2.24) is 5.32 Å². The van der Waals surface area contributed by atoms with Crippen LogP contribution in [0, 0.1) is 28.4 Å². The van der Waals surface area contributed by atoms with Gasteiger partial charge in [-0.15, -0.1) is 0 Å². The summed E-state index contributed by atoms with van der Waals surface area (Å²) >= 11 is 0. The molecule has 0 bridgehead atoms. The molecule has 1 fully saturated rings. The smallest absolute Gasteiger partial charge is 0.159 e. The summed E-state index contributed by atoms with van der Waals surface area (Å²) in [6.45, 7) is 0.599. The summed E-state index contributed by atoms with van der Waals surface area (Å²) in [4.78, 5) is 0. The molecule has 1 saturated heterocycles. The average molecular weight is 238 g/mol. The van der Waals surface area contributed by atoms with Crippen LogP contribution in [0.15, 0.2) is 18.2 Å². The van der Waals surface area contributed by atoms with E-state index in [0.29, 0.717) is 18.8 Å². The highest BCUT2D eigenvalue weighted by Gasteiger charge is 2.46. The maximum Gasteiger partial charge on any atom is 0.159 e. The molecule has 1 heterocycles. The van der Waals surface area contributed by atoms with Crippen LogP contribution in [0.4, 0.5) is 8.78 Å². The molecule has 1 atom stereocenters. The van der Waals surface area contributed by atoms with E-state index in [2.05, 4.69) is 11.4 Å². The van der Waals surface area contributed by atoms with Crippen molar-refractivity contribution in [1.29, 1.82) is 5.26 Å². The Bertz CT molecular complexity index is 466.